The lowest BCUT2D eigenvalue weighted by molar-refractivity contribution is -0.120. The van der Waals surface area contributed by atoms with Crippen molar-refractivity contribution in [3.8, 4) is 6.07 Å². The Morgan fingerprint density at radius 1 is 0.882 bits per heavy atom. The van der Waals surface area contributed by atoms with Crippen LogP contribution in [0.15, 0.2) is 91.0 Å². The van der Waals surface area contributed by atoms with Crippen molar-refractivity contribution >= 4 is 30.5 Å². The number of hydrogen-bond donors (Lipinski definition) is 1. The molecule has 0 fully saturated rings. The highest BCUT2D eigenvalue weighted by molar-refractivity contribution is 6.99. The van der Waals surface area contributed by atoms with Crippen LogP contribution < -0.4 is 15.7 Å². The van der Waals surface area contributed by atoms with Gasteiger partial charge in [0.25, 0.3) is 14.2 Å². The predicted molar refractivity (Wildman–Crippen MR) is 136 cm³/mol. The van der Waals surface area contributed by atoms with Crippen LogP contribution in [0.25, 0.3) is 0 Å². The van der Waals surface area contributed by atoms with Crippen LogP contribution in [0.4, 0.5) is 0 Å². The molecule has 0 aromatic heterocycles. The van der Waals surface area contributed by atoms with Gasteiger partial charge in [0, 0.05) is 12.0 Å². The number of amides is 2. The summed E-state index contributed by atoms with van der Waals surface area (Å²) in [6.45, 7) is 6.57. The number of imide groups is 1. The van der Waals surface area contributed by atoms with Crippen molar-refractivity contribution in [2.24, 2.45) is 5.92 Å². The second-order valence-corrected chi connectivity index (χ2v) is 13.6. The quantitative estimate of drug-likeness (QED) is 0.504. The van der Waals surface area contributed by atoms with E-state index in [-0.39, 0.29) is 18.1 Å². The maximum absolute atomic E-state index is 12.5. The molecule has 0 saturated heterocycles. The van der Waals surface area contributed by atoms with E-state index in [1.165, 1.54) is 0 Å². The lowest BCUT2D eigenvalue weighted by Crippen LogP contribution is -2.66. The zero-order valence-corrected chi connectivity index (χ0v) is 20.8. The van der Waals surface area contributed by atoms with E-state index >= 15 is 0 Å². The van der Waals surface area contributed by atoms with Crippen molar-refractivity contribution in [1.29, 1.82) is 5.26 Å². The molecule has 1 N–H and O–H groups in total. The van der Waals surface area contributed by atoms with E-state index in [0.29, 0.717) is 5.56 Å². The molecule has 0 aliphatic carbocycles. The highest BCUT2D eigenvalue weighted by Crippen LogP contribution is 2.37. The smallest absolute Gasteiger partial charge is 0.261 e. The van der Waals surface area contributed by atoms with Crippen LogP contribution in [-0.4, -0.2) is 26.7 Å². The summed E-state index contributed by atoms with van der Waals surface area (Å²) in [5.74, 6) is -1.66. The first-order valence-corrected chi connectivity index (χ1v) is 13.2. The van der Waals surface area contributed by atoms with Crippen LogP contribution in [0, 0.1) is 17.2 Å². The molecule has 0 saturated carbocycles. The number of carbonyl (C=O) groups is 2. The fourth-order valence-electron chi connectivity index (χ4n) is 4.19. The first kappa shape index (κ1) is 25.1. The largest absolute Gasteiger partial charge is 0.406 e. The summed E-state index contributed by atoms with van der Waals surface area (Å²) in [6.07, 6.45) is -0.118. The Bertz CT molecular complexity index is 1100. The fourth-order valence-corrected chi connectivity index (χ4v) is 8.80. The van der Waals surface area contributed by atoms with Gasteiger partial charge in [-0.3, -0.25) is 14.9 Å². The van der Waals surface area contributed by atoms with Crippen molar-refractivity contribution in [3.05, 3.63) is 96.6 Å². The molecule has 0 aliphatic rings. The molecule has 3 aromatic carbocycles. The summed E-state index contributed by atoms with van der Waals surface area (Å²) in [4.78, 5) is 24.8. The van der Waals surface area contributed by atoms with E-state index in [1.54, 1.807) is 30.3 Å². The monoisotopic (exact) mass is 470 g/mol. The van der Waals surface area contributed by atoms with Gasteiger partial charge in [0.2, 0.25) is 5.91 Å². The highest BCUT2D eigenvalue weighted by atomic mass is 28.4. The number of benzene rings is 3. The third-order valence-corrected chi connectivity index (χ3v) is 10.8. The standard InChI is InChI=1S/C28H30N2O3Si/c1-28(2,3)34(24-15-9-5-10-16-24,25-17-11-6-12-18-25)33-21-22(20-29)19-26(31)30-27(32)23-13-7-4-8-14-23/h4-18,22H,19,21H2,1-3H3,(H,30,31,32)/t22-/m1/s1. The Balaban J connectivity index is 1.82. The van der Waals surface area contributed by atoms with E-state index in [0.717, 1.165) is 10.4 Å². The number of nitrogens with one attached hydrogen (secondary N) is 1. The molecule has 6 heteroatoms. The zero-order valence-electron chi connectivity index (χ0n) is 19.8. The van der Waals surface area contributed by atoms with Crippen molar-refractivity contribution in [2.75, 3.05) is 6.61 Å². The van der Waals surface area contributed by atoms with E-state index in [1.807, 2.05) is 36.4 Å². The molecule has 0 bridgehead atoms. The maximum atomic E-state index is 12.5. The van der Waals surface area contributed by atoms with Gasteiger partial charge < -0.3 is 4.43 Å². The van der Waals surface area contributed by atoms with E-state index < -0.39 is 26.0 Å². The lowest BCUT2D eigenvalue weighted by atomic mass is 10.1. The molecule has 0 spiro atoms. The van der Waals surface area contributed by atoms with Crippen LogP contribution in [0.5, 0.6) is 0 Å². The molecule has 3 rings (SSSR count). The molecule has 5 nitrogen and oxygen atoms in total. The van der Waals surface area contributed by atoms with Crippen LogP contribution in [0.3, 0.4) is 0 Å². The summed E-state index contributed by atoms with van der Waals surface area (Å²) in [5.41, 5.74) is 0.396. The number of nitrogens with zero attached hydrogens (tertiary/aromatic N) is 1. The summed E-state index contributed by atoms with van der Waals surface area (Å²) in [5, 5.41) is 14.1. The second-order valence-electron chi connectivity index (χ2n) is 9.25. The van der Waals surface area contributed by atoms with Crippen molar-refractivity contribution in [1.82, 2.24) is 5.32 Å². The Morgan fingerprint density at radius 2 is 1.35 bits per heavy atom. The van der Waals surface area contributed by atoms with Gasteiger partial charge >= 0.3 is 0 Å². The van der Waals surface area contributed by atoms with Crippen molar-refractivity contribution in [2.45, 2.75) is 32.2 Å². The molecule has 0 aliphatic heterocycles. The minimum absolute atomic E-state index is 0.0940. The van der Waals surface area contributed by atoms with Gasteiger partial charge in [-0.15, -0.1) is 0 Å². The van der Waals surface area contributed by atoms with Gasteiger partial charge in [-0.1, -0.05) is 99.6 Å². The molecule has 1 atom stereocenters. The molecular weight excluding hydrogens is 440 g/mol. The minimum Gasteiger partial charge on any atom is -0.406 e. The molecule has 0 heterocycles. The van der Waals surface area contributed by atoms with Crippen LogP contribution in [-0.2, 0) is 9.22 Å². The number of rotatable bonds is 8. The average Bonchev–Trinajstić information content (AvgIpc) is 2.84. The van der Waals surface area contributed by atoms with E-state index in [9.17, 15) is 14.9 Å². The summed E-state index contributed by atoms with van der Waals surface area (Å²) in [7, 11) is -2.81. The van der Waals surface area contributed by atoms with Crippen LogP contribution in [0.1, 0.15) is 37.6 Å². The summed E-state index contributed by atoms with van der Waals surface area (Å²) >= 11 is 0. The molecule has 0 unspecified atom stereocenters. The van der Waals surface area contributed by atoms with Crippen LogP contribution >= 0.6 is 0 Å². The van der Waals surface area contributed by atoms with Gasteiger partial charge in [0.05, 0.1) is 18.6 Å². The third kappa shape index (κ3) is 5.68. The molecular formula is C28H30N2O3Si. The van der Waals surface area contributed by atoms with E-state index in [2.05, 4.69) is 56.4 Å². The van der Waals surface area contributed by atoms with E-state index in [4.69, 9.17) is 4.43 Å². The minimum atomic E-state index is -2.81. The maximum Gasteiger partial charge on any atom is 0.261 e. The second kappa shape index (κ2) is 11.1. The fraction of sp³-hybridized carbons (Fsp3) is 0.250. The number of nitriles is 1. The van der Waals surface area contributed by atoms with Crippen molar-refractivity contribution < 1.29 is 14.0 Å². The number of hydrogen-bond acceptors (Lipinski definition) is 4. The van der Waals surface area contributed by atoms with Gasteiger partial charge in [-0.25, -0.2) is 0 Å². The highest BCUT2D eigenvalue weighted by Gasteiger charge is 2.50. The average molecular weight is 471 g/mol. The summed E-state index contributed by atoms with van der Waals surface area (Å²) in [6, 6.07) is 31.0. The van der Waals surface area contributed by atoms with Crippen LogP contribution in [0.2, 0.25) is 5.04 Å². The Kier molecular flexibility index (Phi) is 8.16. The zero-order chi connectivity index (χ0) is 24.6. The predicted octanol–water partition coefficient (Wildman–Crippen LogP) is 4.05. The normalized spacial score (nSPS) is 12.4. The topological polar surface area (TPSA) is 79.2 Å². The Morgan fingerprint density at radius 3 is 1.79 bits per heavy atom. The van der Waals surface area contributed by atoms with Gasteiger partial charge in [0.15, 0.2) is 0 Å². The molecule has 2 amide bonds. The van der Waals surface area contributed by atoms with Crippen molar-refractivity contribution in [3.63, 3.8) is 0 Å². The first-order valence-electron chi connectivity index (χ1n) is 11.3. The summed E-state index contributed by atoms with van der Waals surface area (Å²) < 4.78 is 6.76. The Labute approximate surface area is 202 Å². The first-order chi connectivity index (χ1) is 16.3. The third-order valence-electron chi connectivity index (χ3n) is 5.82. The van der Waals surface area contributed by atoms with Gasteiger partial charge in [-0.05, 0) is 27.5 Å². The molecule has 34 heavy (non-hydrogen) atoms. The van der Waals surface area contributed by atoms with Gasteiger partial charge in [0.1, 0.15) is 0 Å². The Hall–Kier alpha value is -3.53. The molecule has 3 aromatic rings. The number of carbonyl (C=O) groups excluding carboxylic acids is 2. The SMILES string of the molecule is CC(C)(C)[Si](OC[C@@H](C#N)CC(=O)NC(=O)c1ccccc1)(c1ccccc1)c1ccccc1. The van der Waals surface area contributed by atoms with Gasteiger partial charge in [-0.2, -0.15) is 5.26 Å². The lowest BCUT2D eigenvalue weighted by Gasteiger charge is -2.43. The molecule has 174 valence electrons. The molecule has 0 radical (unpaired) electrons.